The Morgan fingerprint density at radius 1 is 1.17 bits per heavy atom. The van der Waals surface area contributed by atoms with Gasteiger partial charge in [-0.25, -0.2) is 9.67 Å². The van der Waals surface area contributed by atoms with E-state index >= 15 is 0 Å². The van der Waals surface area contributed by atoms with Crippen LogP contribution in [0.1, 0.15) is 46.1 Å². The minimum absolute atomic E-state index is 0.0609. The molecule has 1 heterocycles. The van der Waals surface area contributed by atoms with E-state index in [0.717, 1.165) is 25.0 Å². The second-order valence-corrected chi connectivity index (χ2v) is 6.91. The number of aliphatic hydroxyl groups is 1. The van der Waals surface area contributed by atoms with Crippen molar-refractivity contribution in [2.24, 2.45) is 5.41 Å². The van der Waals surface area contributed by atoms with Crippen molar-refractivity contribution < 1.29 is 9.84 Å². The molecule has 1 N–H and O–H groups in total. The van der Waals surface area contributed by atoms with Gasteiger partial charge in [0, 0.05) is 0 Å². The minimum Gasteiger partial charge on any atom is -0.494 e. The monoisotopic (exact) mass is 317 g/mol. The third-order valence-corrected chi connectivity index (χ3v) is 3.93. The standard InChI is InChI=1S/C18H27N3O2/c1-18(2,3)17(22)16(21-14-19-13-20-21)11-7-8-12-23-15-9-5-4-6-10-15/h4-6,9-10,13-14,16-17,22H,7-8,11-12H2,1-3H3. The molecule has 1 aromatic heterocycles. The van der Waals surface area contributed by atoms with Crippen LogP contribution in [0.2, 0.25) is 0 Å². The van der Waals surface area contributed by atoms with Crippen molar-refractivity contribution in [3.8, 4) is 5.75 Å². The third-order valence-electron chi connectivity index (χ3n) is 3.93. The van der Waals surface area contributed by atoms with Crippen LogP contribution in [0.5, 0.6) is 5.75 Å². The first-order chi connectivity index (χ1) is 11.0. The van der Waals surface area contributed by atoms with Gasteiger partial charge in [0.1, 0.15) is 18.4 Å². The van der Waals surface area contributed by atoms with Gasteiger partial charge < -0.3 is 9.84 Å². The Kier molecular flexibility index (Phi) is 6.16. The first kappa shape index (κ1) is 17.5. The molecule has 0 fully saturated rings. The van der Waals surface area contributed by atoms with Gasteiger partial charge in [0.15, 0.2) is 0 Å². The lowest BCUT2D eigenvalue weighted by Crippen LogP contribution is -2.35. The molecular weight excluding hydrogens is 290 g/mol. The van der Waals surface area contributed by atoms with Crippen LogP contribution in [-0.2, 0) is 0 Å². The predicted molar refractivity (Wildman–Crippen MR) is 90.3 cm³/mol. The highest BCUT2D eigenvalue weighted by Gasteiger charge is 2.31. The van der Waals surface area contributed by atoms with Crippen LogP contribution in [-0.4, -0.2) is 32.6 Å². The molecule has 0 radical (unpaired) electrons. The quantitative estimate of drug-likeness (QED) is 0.757. The normalized spacial score (nSPS) is 14.4. The number of aromatic nitrogens is 3. The average molecular weight is 317 g/mol. The van der Waals surface area contributed by atoms with Crippen LogP contribution in [0.4, 0.5) is 0 Å². The topological polar surface area (TPSA) is 60.2 Å². The Morgan fingerprint density at radius 3 is 2.52 bits per heavy atom. The molecule has 2 rings (SSSR count). The highest BCUT2D eigenvalue weighted by atomic mass is 16.5. The molecule has 0 spiro atoms. The molecule has 0 amide bonds. The van der Waals surface area contributed by atoms with E-state index in [2.05, 4.69) is 10.1 Å². The van der Waals surface area contributed by atoms with Crippen molar-refractivity contribution in [1.82, 2.24) is 14.8 Å². The summed E-state index contributed by atoms with van der Waals surface area (Å²) in [4.78, 5) is 4.01. The number of ether oxygens (including phenoxy) is 1. The van der Waals surface area contributed by atoms with E-state index in [1.165, 1.54) is 6.33 Å². The SMILES string of the molecule is CC(C)(C)C(O)C(CCCCOc1ccccc1)n1cncn1. The van der Waals surface area contributed by atoms with Gasteiger partial charge in [0.05, 0.1) is 18.8 Å². The molecule has 23 heavy (non-hydrogen) atoms. The second-order valence-electron chi connectivity index (χ2n) is 6.91. The van der Waals surface area contributed by atoms with Gasteiger partial charge in [-0.05, 0) is 36.8 Å². The van der Waals surface area contributed by atoms with Crippen molar-refractivity contribution in [3.63, 3.8) is 0 Å². The van der Waals surface area contributed by atoms with E-state index in [9.17, 15) is 5.11 Å². The summed E-state index contributed by atoms with van der Waals surface area (Å²) < 4.78 is 7.48. The van der Waals surface area contributed by atoms with Gasteiger partial charge in [-0.3, -0.25) is 0 Å². The molecule has 2 unspecified atom stereocenters. The summed E-state index contributed by atoms with van der Waals surface area (Å²) in [7, 11) is 0. The van der Waals surface area contributed by atoms with Gasteiger partial charge in [-0.2, -0.15) is 5.10 Å². The summed E-state index contributed by atoms with van der Waals surface area (Å²) in [5, 5.41) is 14.8. The zero-order chi connectivity index (χ0) is 16.7. The van der Waals surface area contributed by atoms with Gasteiger partial charge in [0.25, 0.3) is 0 Å². The smallest absolute Gasteiger partial charge is 0.137 e. The molecule has 2 aromatic rings. The lowest BCUT2D eigenvalue weighted by molar-refractivity contribution is 0.00823. The highest BCUT2D eigenvalue weighted by molar-refractivity contribution is 5.20. The fourth-order valence-electron chi connectivity index (χ4n) is 2.56. The van der Waals surface area contributed by atoms with E-state index < -0.39 is 6.10 Å². The van der Waals surface area contributed by atoms with Crippen LogP contribution in [0.3, 0.4) is 0 Å². The van der Waals surface area contributed by atoms with Gasteiger partial charge >= 0.3 is 0 Å². The Balaban J connectivity index is 1.82. The molecule has 126 valence electrons. The van der Waals surface area contributed by atoms with Crippen molar-refractivity contribution >= 4 is 0 Å². The largest absolute Gasteiger partial charge is 0.494 e. The zero-order valence-corrected chi connectivity index (χ0v) is 14.2. The van der Waals surface area contributed by atoms with Gasteiger partial charge in [0.2, 0.25) is 0 Å². The first-order valence-electron chi connectivity index (χ1n) is 8.18. The predicted octanol–water partition coefficient (Wildman–Crippen LogP) is 3.48. The maximum atomic E-state index is 10.6. The Bertz CT molecular complexity index is 549. The fraction of sp³-hybridized carbons (Fsp3) is 0.556. The van der Waals surface area contributed by atoms with E-state index in [-0.39, 0.29) is 11.5 Å². The van der Waals surface area contributed by atoms with Crippen LogP contribution >= 0.6 is 0 Å². The summed E-state index contributed by atoms with van der Waals surface area (Å²) in [6.07, 6.45) is 5.47. The van der Waals surface area contributed by atoms with Crippen molar-refractivity contribution in [2.45, 2.75) is 52.2 Å². The summed E-state index contributed by atoms with van der Waals surface area (Å²) >= 11 is 0. The lowest BCUT2D eigenvalue weighted by Gasteiger charge is -2.33. The number of nitrogens with zero attached hydrogens (tertiary/aromatic N) is 3. The zero-order valence-electron chi connectivity index (χ0n) is 14.2. The third kappa shape index (κ3) is 5.36. The molecule has 0 aliphatic carbocycles. The van der Waals surface area contributed by atoms with Crippen molar-refractivity contribution in [3.05, 3.63) is 43.0 Å². The van der Waals surface area contributed by atoms with Crippen LogP contribution in [0.25, 0.3) is 0 Å². The first-order valence-corrected chi connectivity index (χ1v) is 8.18. The van der Waals surface area contributed by atoms with Crippen molar-refractivity contribution in [2.75, 3.05) is 6.61 Å². The molecule has 0 aliphatic rings. The number of para-hydroxylation sites is 1. The van der Waals surface area contributed by atoms with E-state index in [4.69, 9.17) is 4.74 Å². The van der Waals surface area contributed by atoms with Crippen molar-refractivity contribution in [1.29, 1.82) is 0 Å². The number of hydrogen-bond donors (Lipinski definition) is 1. The number of unbranched alkanes of at least 4 members (excludes halogenated alkanes) is 1. The summed E-state index contributed by atoms with van der Waals surface area (Å²) in [6, 6.07) is 9.77. The maximum absolute atomic E-state index is 10.6. The van der Waals surface area contributed by atoms with Gasteiger partial charge in [-0.1, -0.05) is 39.0 Å². The minimum atomic E-state index is -0.473. The highest BCUT2D eigenvalue weighted by Crippen LogP contribution is 2.31. The summed E-state index contributed by atoms with van der Waals surface area (Å²) in [6.45, 7) is 6.81. The van der Waals surface area contributed by atoms with E-state index in [1.807, 2.05) is 51.1 Å². The Morgan fingerprint density at radius 2 is 1.91 bits per heavy atom. The van der Waals surface area contributed by atoms with E-state index in [1.54, 1.807) is 11.0 Å². The summed E-state index contributed by atoms with van der Waals surface area (Å²) in [5.41, 5.74) is -0.197. The van der Waals surface area contributed by atoms with Crippen LogP contribution < -0.4 is 4.74 Å². The maximum Gasteiger partial charge on any atom is 0.137 e. The molecule has 0 aliphatic heterocycles. The van der Waals surface area contributed by atoms with Crippen LogP contribution in [0.15, 0.2) is 43.0 Å². The Hall–Kier alpha value is -1.88. The number of benzene rings is 1. The molecule has 0 bridgehead atoms. The molecular formula is C18H27N3O2. The lowest BCUT2D eigenvalue weighted by atomic mass is 9.83. The molecule has 5 heteroatoms. The summed E-state index contributed by atoms with van der Waals surface area (Å²) in [5.74, 6) is 0.898. The van der Waals surface area contributed by atoms with E-state index in [0.29, 0.717) is 6.61 Å². The molecule has 5 nitrogen and oxygen atoms in total. The fourth-order valence-corrected chi connectivity index (χ4v) is 2.56. The number of hydrogen-bond acceptors (Lipinski definition) is 4. The Labute approximate surface area is 138 Å². The molecule has 0 saturated carbocycles. The number of aliphatic hydroxyl groups excluding tert-OH is 1. The molecule has 2 atom stereocenters. The second kappa shape index (κ2) is 8.11. The molecule has 0 saturated heterocycles. The van der Waals surface area contributed by atoms with Gasteiger partial charge in [-0.15, -0.1) is 0 Å². The average Bonchev–Trinajstić information content (AvgIpc) is 3.04. The van der Waals surface area contributed by atoms with Crippen LogP contribution in [0, 0.1) is 5.41 Å². The molecule has 1 aromatic carbocycles. The number of rotatable bonds is 8.